The summed E-state index contributed by atoms with van der Waals surface area (Å²) in [4.78, 5) is 6.97. The Balaban J connectivity index is 0.00000210. The molecule has 2 fully saturated rings. The Morgan fingerprint density at radius 2 is 2.07 bits per heavy atom. The molecule has 1 aliphatic heterocycles. The van der Waals surface area contributed by atoms with Crippen LogP contribution in [0.4, 0.5) is 0 Å². The van der Waals surface area contributed by atoms with Gasteiger partial charge in [0.25, 0.3) is 0 Å². The van der Waals surface area contributed by atoms with E-state index in [1.165, 1.54) is 30.4 Å². The topological polar surface area (TPSA) is 45.5 Å². The van der Waals surface area contributed by atoms with Crippen LogP contribution in [-0.2, 0) is 12.5 Å². The van der Waals surface area contributed by atoms with Gasteiger partial charge in [-0.25, -0.2) is 0 Å². The van der Waals surface area contributed by atoms with Gasteiger partial charge in [0.1, 0.15) is 0 Å². The number of hydrogen-bond donors (Lipinski definition) is 1. The molecular formula is C21H30IN5. The van der Waals surface area contributed by atoms with Crippen LogP contribution in [0.15, 0.2) is 47.7 Å². The Morgan fingerprint density at radius 3 is 2.67 bits per heavy atom. The molecule has 27 heavy (non-hydrogen) atoms. The second-order valence-electron chi connectivity index (χ2n) is 7.78. The third-order valence-electron chi connectivity index (χ3n) is 6.18. The normalized spacial score (nSPS) is 21.5. The first-order valence-electron chi connectivity index (χ1n) is 9.70. The molecule has 0 bridgehead atoms. The Hall–Kier alpha value is -1.57. The molecule has 146 valence electrons. The van der Waals surface area contributed by atoms with Crippen LogP contribution < -0.4 is 5.32 Å². The Morgan fingerprint density at radius 1 is 1.30 bits per heavy atom. The lowest BCUT2D eigenvalue weighted by atomic mass is 9.64. The zero-order chi connectivity index (χ0) is 18.0. The lowest BCUT2D eigenvalue weighted by molar-refractivity contribution is 0.241. The number of aryl methyl sites for hydroxylation is 1. The van der Waals surface area contributed by atoms with Crippen LogP contribution in [0.1, 0.15) is 42.7 Å². The van der Waals surface area contributed by atoms with Crippen LogP contribution in [0.5, 0.6) is 0 Å². The molecule has 1 saturated carbocycles. The van der Waals surface area contributed by atoms with E-state index in [0.717, 1.165) is 32.0 Å². The summed E-state index contributed by atoms with van der Waals surface area (Å²) in [5, 5.41) is 8.01. The van der Waals surface area contributed by atoms with Crippen molar-refractivity contribution >= 4 is 29.9 Å². The molecule has 1 atom stereocenters. The molecule has 2 heterocycles. The van der Waals surface area contributed by atoms with E-state index in [0.29, 0.717) is 5.92 Å². The van der Waals surface area contributed by atoms with Gasteiger partial charge < -0.3 is 10.2 Å². The molecule has 0 spiro atoms. The first kappa shape index (κ1) is 20.2. The maximum atomic E-state index is 4.57. The first-order chi connectivity index (χ1) is 12.7. The summed E-state index contributed by atoms with van der Waals surface area (Å²) in [6.07, 6.45) is 9.16. The number of halogens is 1. The average Bonchev–Trinajstić information content (AvgIpc) is 3.27. The fourth-order valence-corrected chi connectivity index (χ4v) is 4.42. The largest absolute Gasteiger partial charge is 0.355 e. The van der Waals surface area contributed by atoms with Gasteiger partial charge in [-0.2, -0.15) is 5.10 Å². The second-order valence-corrected chi connectivity index (χ2v) is 7.78. The van der Waals surface area contributed by atoms with Crippen LogP contribution >= 0.6 is 24.0 Å². The molecular weight excluding hydrogens is 449 g/mol. The van der Waals surface area contributed by atoms with Crippen molar-refractivity contribution in [2.24, 2.45) is 12.0 Å². The fraction of sp³-hybridized carbons (Fsp3) is 0.524. The molecule has 2 aromatic rings. The zero-order valence-electron chi connectivity index (χ0n) is 16.3. The van der Waals surface area contributed by atoms with Crippen LogP contribution in [0.25, 0.3) is 0 Å². The van der Waals surface area contributed by atoms with E-state index >= 15 is 0 Å². The highest BCUT2D eigenvalue weighted by atomic mass is 127. The summed E-state index contributed by atoms with van der Waals surface area (Å²) in [5.41, 5.74) is 3.08. The van der Waals surface area contributed by atoms with Crippen LogP contribution in [0.3, 0.4) is 0 Å². The van der Waals surface area contributed by atoms with Gasteiger partial charge in [0.15, 0.2) is 5.96 Å². The number of benzene rings is 1. The van der Waals surface area contributed by atoms with Gasteiger partial charge in [0.2, 0.25) is 0 Å². The molecule has 0 radical (unpaired) electrons. The van der Waals surface area contributed by atoms with Gasteiger partial charge in [0, 0.05) is 51.3 Å². The molecule has 1 unspecified atom stereocenters. The highest BCUT2D eigenvalue weighted by molar-refractivity contribution is 14.0. The molecule has 0 amide bonds. The lowest BCUT2D eigenvalue weighted by Crippen LogP contribution is -2.49. The molecule has 1 N–H and O–H groups in total. The number of rotatable bonds is 4. The van der Waals surface area contributed by atoms with Gasteiger partial charge in [-0.15, -0.1) is 24.0 Å². The van der Waals surface area contributed by atoms with Crippen LogP contribution in [0, 0.1) is 0 Å². The van der Waals surface area contributed by atoms with E-state index in [4.69, 9.17) is 0 Å². The third-order valence-corrected chi connectivity index (χ3v) is 6.18. The number of nitrogens with zero attached hydrogens (tertiary/aromatic N) is 4. The van der Waals surface area contributed by atoms with Crippen molar-refractivity contribution in [2.45, 2.75) is 37.0 Å². The second kappa shape index (κ2) is 8.63. The quantitative estimate of drug-likeness (QED) is 0.415. The molecule has 2 aliphatic rings. The third kappa shape index (κ3) is 4.15. The Bertz CT molecular complexity index is 766. The summed E-state index contributed by atoms with van der Waals surface area (Å²) in [5.74, 6) is 1.59. The molecule has 1 saturated heterocycles. The average molecular weight is 479 g/mol. The van der Waals surface area contributed by atoms with Crippen LogP contribution in [-0.4, -0.2) is 47.3 Å². The van der Waals surface area contributed by atoms with Crippen molar-refractivity contribution in [1.29, 1.82) is 0 Å². The molecule has 1 aliphatic carbocycles. The van der Waals surface area contributed by atoms with E-state index in [2.05, 4.69) is 56.8 Å². The van der Waals surface area contributed by atoms with Crippen molar-refractivity contribution in [3.63, 3.8) is 0 Å². The molecule has 4 rings (SSSR count). The first-order valence-corrected chi connectivity index (χ1v) is 9.70. The molecule has 5 nitrogen and oxygen atoms in total. The number of nitrogens with one attached hydrogen (secondary N) is 1. The fourth-order valence-electron chi connectivity index (χ4n) is 4.42. The standard InChI is InChI=1S/C21H29N5.HI/c1-22-20(26-12-9-17(15-26)18-13-24-25(2)14-18)23-16-21(10-6-11-21)19-7-4-3-5-8-19;/h3-5,7-8,13-14,17H,6,9-12,15-16H2,1-2H3,(H,22,23);1H. The van der Waals surface area contributed by atoms with E-state index in [1.54, 1.807) is 0 Å². The number of aromatic nitrogens is 2. The monoisotopic (exact) mass is 479 g/mol. The Labute approximate surface area is 179 Å². The van der Waals surface area contributed by atoms with Gasteiger partial charge in [-0.05, 0) is 30.4 Å². The van der Waals surface area contributed by atoms with Crippen molar-refractivity contribution in [1.82, 2.24) is 20.0 Å². The van der Waals surface area contributed by atoms with E-state index in [1.807, 2.05) is 25.0 Å². The zero-order valence-corrected chi connectivity index (χ0v) is 18.6. The molecule has 1 aromatic heterocycles. The van der Waals surface area contributed by atoms with Crippen molar-refractivity contribution in [3.05, 3.63) is 53.9 Å². The highest BCUT2D eigenvalue weighted by Gasteiger charge is 2.39. The SMILES string of the molecule is CN=C(NCC1(c2ccccc2)CCC1)N1CCC(c2cnn(C)c2)C1.I. The predicted octanol–water partition coefficient (Wildman–Crippen LogP) is 3.52. The van der Waals surface area contributed by atoms with Crippen molar-refractivity contribution < 1.29 is 0 Å². The van der Waals surface area contributed by atoms with E-state index in [9.17, 15) is 0 Å². The number of likely N-dealkylation sites (tertiary alicyclic amines) is 1. The summed E-state index contributed by atoms with van der Waals surface area (Å²) in [7, 11) is 3.88. The maximum Gasteiger partial charge on any atom is 0.193 e. The minimum absolute atomic E-state index is 0. The lowest BCUT2D eigenvalue weighted by Gasteiger charge is -2.43. The van der Waals surface area contributed by atoms with Gasteiger partial charge >= 0.3 is 0 Å². The number of hydrogen-bond acceptors (Lipinski definition) is 2. The summed E-state index contributed by atoms with van der Waals surface area (Å²) in [6.45, 7) is 3.04. The van der Waals surface area contributed by atoms with Gasteiger partial charge in [-0.1, -0.05) is 36.8 Å². The van der Waals surface area contributed by atoms with E-state index < -0.39 is 0 Å². The number of guanidine groups is 1. The highest BCUT2D eigenvalue weighted by Crippen LogP contribution is 2.43. The molecule has 1 aromatic carbocycles. The summed E-state index contributed by atoms with van der Waals surface area (Å²) in [6, 6.07) is 11.0. The van der Waals surface area contributed by atoms with Crippen LogP contribution in [0.2, 0.25) is 0 Å². The predicted molar refractivity (Wildman–Crippen MR) is 121 cm³/mol. The summed E-state index contributed by atoms with van der Waals surface area (Å²) >= 11 is 0. The van der Waals surface area contributed by atoms with Gasteiger partial charge in [-0.3, -0.25) is 9.67 Å². The number of aliphatic imine (C=N–C) groups is 1. The summed E-state index contributed by atoms with van der Waals surface area (Å²) < 4.78 is 1.89. The minimum atomic E-state index is 0. The minimum Gasteiger partial charge on any atom is -0.355 e. The van der Waals surface area contributed by atoms with Crippen molar-refractivity contribution in [3.8, 4) is 0 Å². The molecule has 6 heteroatoms. The maximum absolute atomic E-state index is 4.57. The Kier molecular flexibility index (Phi) is 6.44. The van der Waals surface area contributed by atoms with Crippen molar-refractivity contribution in [2.75, 3.05) is 26.7 Å². The van der Waals surface area contributed by atoms with E-state index in [-0.39, 0.29) is 29.4 Å². The smallest absolute Gasteiger partial charge is 0.193 e. The van der Waals surface area contributed by atoms with Gasteiger partial charge in [0.05, 0.1) is 6.20 Å².